The molecule has 1 heterocycles. The summed E-state index contributed by atoms with van der Waals surface area (Å²) in [5, 5.41) is 10.4. The minimum atomic E-state index is -0.960. The van der Waals surface area contributed by atoms with E-state index in [0.29, 0.717) is 13.0 Å². The molecule has 1 fully saturated rings. The molecular weight excluding hydrogens is 322 g/mol. The topological polar surface area (TPSA) is 76.1 Å². The van der Waals surface area contributed by atoms with Gasteiger partial charge in [-0.1, -0.05) is 30.3 Å². The Labute approximate surface area is 148 Å². The zero-order valence-corrected chi connectivity index (χ0v) is 15.1. The molecule has 0 aromatic heterocycles. The van der Waals surface area contributed by atoms with Gasteiger partial charge < -0.3 is 19.5 Å². The highest BCUT2D eigenvalue weighted by Gasteiger charge is 2.37. The van der Waals surface area contributed by atoms with Crippen LogP contribution in [-0.2, 0) is 20.9 Å². The van der Waals surface area contributed by atoms with Crippen LogP contribution in [0, 0.1) is 0 Å². The fourth-order valence-electron chi connectivity index (χ4n) is 2.84. The minimum Gasteiger partial charge on any atom is -0.461 e. The zero-order chi connectivity index (χ0) is 18.4. The lowest BCUT2D eigenvalue weighted by molar-refractivity contribution is -0.148. The Morgan fingerprint density at radius 2 is 1.96 bits per heavy atom. The van der Waals surface area contributed by atoms with Crippen molar-refractivity contribution in [3.63, 3.8) is 0 Å². The number of ether oxygens (including phenoxy) is 2. The van der Waals surface area contributed by atoms with E-state index in [-0.39, 0.29) is 13.0 Å². The largest absolute Gasteiger partial charge is 0.461 e. The van der Waals surface area contributed by atoms with Crippen molar-refractivity contribution in [2.45, 2.75) is 64.4 Å². The maximum Gasteiger partial charge on any atom is 0.410 e. The normalized spacial score (nSPS) is 18.7. The molecule has 2 atom stereocenters. The number of amides is 1. The van der Waals surface area contributed by atoms with Crippen LogP contribution in [0.4, 0.5) is 4.79 Å². The molecule has 0 radical (unpaired) electrons. The van der Waals surface area contributed by atoms with E-state index < -0.39 is 29.8 Å². The fraction of sp³-hybridized carbons (Fsp3) is 0.579. The second kappa shape index (κ2) is 8.34. The van der Waals surface area contributed by atoms with E-state index >= 15 is 0 Å². The van der Waals surface area contributed by atoms with E-state index in [1.165, 1.54) is 4.90 Å². The van der Waals surface area contributed by atoms with E-state index in [1.807, 2.05) is 30.3 Å². The third-order valence-corrected chi connectivity index (χ3v) is 3.99. The van der Waals surface area contributed by atoms with E-state index in [1.54, 1.807) is 20.8 Å². The Hall–Kier alpha value is -2.08. The van der Waals surface area contributed by atoms with Gasteiger partial charge in [0, 0.05) is 6.54 Å². The summed E-state index contributed by atoms with van der Waals surface area (Å²) in [5.74, 6) is -0.479. The van der Waals surface area contributed by atoms with Gasteiger partial charge in [-0.05, 0) is 39.2 Å². The summed E-state index contributed by atoms with van der Waals surface area (Å²) in [5.41, 5.74) is 0.297. The van der Waals surface area contributed by atoms with Gasteiger partial charge in [-0.15, -0.1) is 0 Å². The lowest BCUT2D eigenvalue weighted by atomic mass is 10.1. The van der Waals surface area contributed by atoms with Crippen molar-refractivity contribution in [3.8, 4) is 0 Å². The lowest BCUT2D eigenvalue weighted by Crippen LogP contribution is -2.45. The summed E-state index contributed by atoms with van der Waals surface area (Å²) in [6, 6.07) is 8.94. The van der Waals surface area contributed by atoms with Crippen LogP contribution in [0.15, 0.2) is 30.3 Å². The van der Waals surface area contributed by atoms with Crippen LogP contribution in [0.5, 0.6) is 0 Å². The second-order valence-electron chi connectivity index (χ2n) is 7.30. The molecular formula is C19H27NO5. The van der Waals surface area contributed by atoms with Crippen LogP contribution in [0.3, 0.4) is 0 Å². The molecule has 0 spiro atoms. The summed E-state index contributed by atoms with van der Waals surface area (Å²) < 4.78 is 10.6. The summed E-state index contributed by atoms with van der Waals surface area (Å²) >= 11 is 0. The fourth-order valence-corrected chi connectivity index (χ4v) is 2.84. The van der Waals surface area contributed by atoms with E-state index in [2.05, 4.69) is 0 Å². The first-order valence-corrected chi connectivity index (χ1v) is 8.63. The maximum atomic E-state index is 12.2. The molecule has 1 saturated heterocycles. The van der Waals surface area contributed by atoms with Crippen molar-refractivity contribution in [1.29, 1.82) is 0 Å². The maximum absolute atomic E-state index is 12.2. The number of nitrogens with zero attached hydrogens (tertiary/aromatic N) is 1. The number of likely N-dealkylation sites (tertiary alicyclic amines) is 1. The smallest absolute Gasteiger partial charge is 0.410 e. The molecule has 0 aliphatic carbocycles. The predicted molar refractivity (Wildman–Crippen MR) is 92.8 cm³/mol. The molecule has 1 amide bonds. The third kappa shape index (κ3) is 6.05. The number of hydrogen-bond acceptors (Lipinski definition) is 5. The number of hydrogen-bond donors (Lipinski definition) is 1. The van der Waals surface area contributed by atoms with Crippen LogP contribution >= 0.6 is 0 Å². The Morgan fingerprint density at radius 1 is 1.28 bits per heavy atom. The minimum absolute atomic E-state index is 0.142. The second-order valence-corrected chi connectivity index (χ2v) is 7.30. The molecule has 1 aliphatic rings. The van der Waals surface area contributed by atoms with Gasteiger partial charge in [0.15, 0.2) is 0 Å². The lowest BCUT2D eigenvalue weighted by Gasteiger charge is -2.30. The first kappa shape index (κ1) is 19.2. The first-order chi connectivity index (χ1) is 11.8. The van der Waals surface area contributed by atoms with Gasteiger partial charge in [0.1, 0.15) is 12.2 Å². The number of benzene rings is 1. The monoisotopic (exact) mass is 349 g/mol. The number of esters is 1. The predicted octanol–water partition coefficient (Wildman–Crippen LogP) is 2.88. The number of rotatable bonds is 5. The third-order valence-electron chi connectivity index (χ3n) is 3.99. The van der Waals surface area contributed by atoms with Gasteiger partial charge >= 0.3 is 12.1 Å². The molecule has 1 N–H and O–H groups in total. The average molecular weight is 349 g/mol. The van der Waals surface area contributed by atoms with Gasteiger partial charge in [0.25, 0.3) is 0 Å². The first-order valence-electron chi connectivity index (χ1n) is 8.63. The molecule has 0 saturated carbocycles. The molecule has 6 nitrogen and oxygen atoms in total. The number of carbonyl (C=O) groups excluding carboxylic acids is 2. The van der Waals surface area contributed by atoms with Gasteiger partial charge in [-0.3, -0.25) is 4.79 Å². The van der Waals surface area contributed by atoms with E-state index in [4.69, 9.17) is 9.47 Å². The molecule has 1 aromatic rings. The Kier molecular flexibility index (Phi) is 6.42. The van der Waals surface area contributed by atoms with Crippen molar-refractivity contribution in [2.24, 2.45) is 0 Å². The summed E-state index contributed by atoms with van der Waals surface area (Å²) in [7, 11) is 0. The van der Waals surface area contributed by atoms with Crippen molar-refractivity contribution in [2.75, 3.05) is 6.54 Å². The highest BCUT2D eigenvalue weighted by atomic mass is 16.6. The van der Waals surface area contributed by atoms with Crippen LogP contribution in [0.1, 0.15) is 45.6 Å². The molecule has 6 heteroatoms. The average Bonchev–Trinajstić information content (AvgIpc) is 3.02. The number of aliphatic hydroxyl groups is 1. The molecule has 25 heavy (non-hydrogen) atoms. The summed E-state index contributed by atoms with van der Waals surface area (Å²) in [6.45, 7) is 6.09. The molecule has 2 rings (SSSR count). The van der Waals surface area contributed by atoms with Gasteiger partial charge in [-0.2, -0.15) is 0 Å². The SMILES string of the molecule is CC(C)(C)OC(=O)N1CCC[C@H]1[C@H](O)CC(=O)OCc1ccccc1. The van der Waals surface area contributed by atoms with Crippen LogP contribution in [-0.4, -0.2) is 46.4 Å². The van der Waals surface area contributed by atoms with Gasteiger partial charge in [-0.25, -0.2) is 4.79 Å². The molecule has 1 aromatic carbocycles. The molecule has 1 aliphatic heterocycles. The zero-order valence-electron chi connectivity index (χ0n) is 15.1. The molecule has 0 unspecified atom stereocenters. The van der Waals surface area contributed by atoms with Crippen LogP contribution in [0.25, 0.3) is 0 Å². The van der Waals surface area contributed by atoms with Crippen molar-refractivity contribution in [3.05, 3.63) is 35.9 Å². The Morgan fingerprint density at radius 3 is 2.60 bits per heavy atom. The summed E-state index contributed by atoms with van der Waals surface area (Å²) in [6.07, 6.45) is -0.131. The highest BCUT2D eigenvalue weighted by Crippen LogP contribution is 2.24. The Bertz CT molecular complexity index is 581. The number of aliphatic hydroxyl groups excluding tert-OH is 1. The quantitative estimate of drug-likeness (QED) is 0.827. The van der Waals surface area contributed by atoms with Gasteiger partial charge in [0.2, 0.25) is 0 Å². The molecule has 138 valence electrons. The van der Waals surface area contributed by atoms with Crippen molar-refractivity contribution in [1.82, 2.24) is 4.90 Å². The van der Waals surface area contributed by atoms with Crippen molar-refractivity contribution >= 4 is 12.1 Å². The van der Waals surface area contributed by atoms with Gasteiger partial charge in [0.05, 0.1) is 18.6 Å². The number of carbonyl (C=O) groups is 2. The van der Waals surface area contributed by atoms with E-state index in [9.17, 15) is 14.7 Å². The Balaban J connectivity index is 1.85. The van der Waals surface area contributed by atoms with Crippen LogP contribution in [0.2, 0.25) is 0 Å². The van der Waals surface area contributed by atoms with Crippen LogP contribution < -0.4 is 0 Å². The van der Waals surface area contributed by atoms with E-state index in [0.717, 1.165) is 12.0 Å². The summed E-state index contributed by atoms with van der Waals surface area (Å²) in [4.78, 5) is 25.7. The molecule has 0 bridgehead atoms. The standard InChI is InChI=1S/C19H27NO5/c1-19(2,3)25-18(23)20-11-7-10-15(20)16(21)12-17(22)24-13-14-8-5-4-6-9-14/h4-6,8-9,15-16,21H,7,10-13H2,1-3H3/t15-,16+/m0/s1. The highest BCUT2D eigenvalue weighted by molar-refractivity contribution is 5.71. The van der Waals surface area contributed by atoms with Crippen molar-refractivity contribution < 1.29 is 24.2 Å².